The highest BCUT2D eigenvalue weighted by Crippen LogP contribution is 2.46. The van der Waals surface area contributed by atoms with Crippen LogP contribution in [-0.4, -0.2) is 45.1 Å². The van der Waals surface area contributed by atoms with Crippen LogP contribution in [0.5, 0.6) is 0 Å². The first-order valence-electron chi connectivity index (χ1n) is 9.18. The minimum atomic E-state index is -1.69. The van der Waals surface area contributed by atoms with Crippen molar-refractivity contribution >= 4 is 11.8 Å². The Balaban J connectivity index is 1.68. The molecule has 6 heteroatoms. The van der Waals surface area contributed by atoms with Crippen LogP contribution in [0.1, 0.15) is 50.6 Å². The van der Waals surface area contributed by atoms with Crippen LogP contribution in [0.3, 0.4) is 0 Å². The molecule has 1 saturated carbocycles. The number of nitrogens with zero attached hydrogens (tertiary/aromatic N) is 2. The lowest BCUT2D eigenvalue weighted by molar-refractivity contribution is -0.153. The van der Waals surface area contributed by atoms with Crippen molar-refractivity contribution in [2.24, 2.45) is 5.92 Å². The van der Waals surface area contributed by atoms with E-state index in [1.54, 1.807) is 0 Å². The summed E-state index contributed by atoms with van der Waals surface area (Å²) in [7, 11) is 0. The van der Waals surface area contributed by atoms with Gasteiger partial charge >= 0.3 is 0 Å². The zero-order valence-corrected chi connectivity index (χ0v) is 14.5. The van der Waals surface area contributed by atoms with E-state index >= 15 is 0 Å². The van der Waals surface area contributed by atoms with Gasteiger partial charge in [-0.1, -0.05) is 49.6 Å². The van der Waals surface area contributed by atoms with E-state index in [9.17, 15) is 14.7 Å². The molecule has 1 aromatic rings. The molecule has 1 aliphatic carbocycles. The number of likely N-dealkylation sites (tertiary alicyclic amines) is 1. The van der Waals surface area contributed by atoms with E-state index < -0.39 is 5.72 Å². The minimum absolute atomic E-state index is 0.200. The summed E-state index contributed by atoms with van der Waals surface area (Å²) in [5.74, 6) is -0.851. The fourth-order valence-electron chi connectivity index (χ4n) is 4.71. The van der Waals surface area contributed by atoms with Crippen molar-refractivity contribution in [2.45, 2.75) is 56.8 Å². The summed E-state index contributed by atoms with van der Waals surface area (Å²) >= 11 is 0. The number of hydrogen-bond donors (Lipinski definition) is 2. The Bertz CT molecular complexity index is 674. The topological polar surface area (TPSA) is 72.9 Å². The van der Waals surface area contributed by atoms with Crippen molar-refractivity contribution in [3.63, 3.8) is 0 Å². The van der Waals surface area contributed by atoms with Crippen molar-refractivity contribution < 1.29 is 14.7 Å². The van der Waals surface area contributed by atoms with E-state index in [0.29, 0.717) is 6.54 Å². The molecule has 0 unspecified atom stereocenters. The Morgan fingerprint density at radius 1 is 1.20 bits per heavy atom. The van der Waals surface area contributed by atoms with Gasteiger partial charge in [0.25, 0.3) is 5.91 Å². The minimum Gasteiger partial charge on any atom is -0.366 e. The molecular formula is C19H25N3O3. The molecule has 4 rings (SSSR count). The second-order valence-electron chi connectivity index (χ2n) is 7.48. The molecule has 2 N–H and O–H groups in total. The molecule has 3 fully saturated rings. The Morgan fingerprint density at radius 2 is 1.88 bits per heavy atom. The highest BCUT2D eigenvalue weighted by atomic mass is 16.3. The van der Waals surface area contributed by atoms with Crippen LogP contribution in [0.2, 0.25) is 0 Å². The zero-order valence-electron chi connectivity index (χ0n) is 14.5. The molecule has 134 valence electrons. The smallest absolute Gasteiger partial charge is 0.272 e. The summed E-state index contributed by atoms with van der Waals surface area (Å²) in [5, 5.41) is 12.6. The number of hydrazine groups is 1. The van der Waals surface area contributed by atoms with E-state index in [4.69, 9.17) is 0 Å². The number of nitrogens with one attached hydrogen (secondary N) is 1. The monoisotopic (exact) mass is 343 g/mol. The van der Waals surface area contributed by atoms with E-state index in [-0.39, 0.29) is 29.8 Å². The number of carbonyl (C=O) groups is 2. The first-order valence-corrected chi connectivity index (χ1v) is 9.18. The third-order valence-corrected chi connectivity index (χ3v) is 5.96. The van der Waals surface area contributed by atoms with Crippen molar-refractivity contribution in [3.05, 3.63) is 35.9 Å². The third kappa shape index (κ3) is 2.55. The number of hydrogen-bond acceptors (Lipinski definition) is 4. The second-order valence-corrected chi connectivity index (χ2v) is 7.48. The van der Waals surface area contributed by atoms with Gasteiger partial charge in [-0.05, 0) is 18.4 Å². The number of rotatable bonds is 2. The quantitative estimate of drug-likeness (QED) is 0.855. The predicted octanol–water partition coefficient (Wildman–Crippen LogP) is 1.57. The van der Waals surface area contributed by atoms with Gasteiger partial charge in [0.2, 0.25) is 11.6 Å². The number of carbonyl (C=O) groups excluding carboxylic acids is 2. The zero-order chi connectivity index (χ0) is 17.6. The molecule has 25 heavy (non-hydrogen) atoms. The summed E-state index contributed by atoms with van der Waals surface area (Å²) < 4.78 is 0. The van der Waals surface area contributed by atoms with Crippen LogP contribution in [0.25, 0.3) is 0 Å². The summed E-state index contributed by atoms with van der Waals surface area (Å²) in [4.78, 5) is 27.0. The fraction of sp³-hybridized carbons (Fsp3) is 0.579. The molecule has 3 atom stereocenters. The fourth-order valence-corrected chi connectivity index (χ4v) is 4.71. The van der Waals surface area contributed by atoms with Gasteiger partial charge in [0.05, 0.1) is 12.0 Å². The lowest BCUT2D eigenvalue weighted by atomic mass is 9.88. The van der Waals surface area contributed by atoms with Gasteiger partial charge in [0.15, 0.2) is 0 Å². The lowest BCUT2D eigenvalue weighted by Gasteiger charge is -2.34. The second kappa shape index (κ2) is 6.11. The van der Waals surface area contributed by atoms with Gasteiger partial charge in [0, 0.05) is 19.5 Å². The van der Waals surface area contributed by atoms with Crippen LogP contribution < -0.4 is 5.43 Å². The van der Waals surface area contributed by atoms with Crippen molar-refractivity contribution in [3.8, 4) is 0 Å². The Labute approximate surface area is 147 Å². The average Bonchev–Trinajstić information content (AvgIpc) is 3.07. The molecular weight excluding hydrogens is 318 g/mol. The molecule has 0 spiro atoms. The van der Waals surface area contributed by atoms with E-state index in [1.807, 2.05) is 35.2 Å². The molecule has 0 radical (unpaired) electrons. The molecule has 0 bridgehead atoms. The molecule has 6 nitrogen and oxygen atoms in total. The number of benzene rings is 1. The van der Waals surface area contributed by atoms with Gasteiger partial charge in [0.1, 0.15) is 0 Å². The van der Waals surface area contributed by atoms with Crippen molar-refractivity contribution in [2.75, 3.05) is 6.54 Å². The number of aliphatic hydroxyl groups is 1. The molecule has 2 aliphatic heterocycles. The summed E-state index contributed by atoms with van der Waals surface area (Å²) in [6, 6.07) is 9.51. The van der Waals surface area contributed by atoms with Crippen LogP contribution in [-0.2, 0) is 9.59 Å². The van der Waals surface area contributed by atoms with Crippen LogP contribution >= 0.6 is 0 Å². The average molecular weight is 343 g/mol. The predicted molar refractivity (Wildman–Crippen MR) is 91.9 cm³/mol. The summed E-state index contributed by atoms with van der Waals surface area (Å²) in [6.45, 7) is 1.94. The standard InChI is InChI=1S/C19H25N3O3/c1-13(23)22-17(14-8-4-2-5-9-14)16-12-21(15-10-6-3-7-11-15)18(24)19(16,25)20-22/h2,4-5,8-9,15-17,20,25H,3,6-7,10-12H2,1H3/t16-,17+,19+/m0/s1. The highest BCUT2D eigenvalue weighted by Gasteiger charge is 2.64. The molecule has 2 amide bonds. The first-order chi connectivity index (χ1) is 12.0. The summed E-state index contributed by atoms with van der Waals surface area (Å²) in [6.07, 6.45) is 5.48. The highest BCUT2D eigenvalue weighted by molar-refractivity contribution is 5.89. The van der Waals surface area contributed by atoms with Gasteiger partial charge in [-0.15, -0.1) is 0 Å². The molecule has 2 heterocycles. The van der Waals surface area contributed by atoms with Crippen LogP contribution in [0.15, 0.2) is 30.3 Å². The Hall–Kier alpha value is -1.92. The maximum Gasteiger partial charge on any atom is 0.272 e. The summed E-state index contributed by atoms with van der Waals surface area (Å²) in [5.41, 5.74) is 2.09. The maximum absolute atomic E-state index is 13.0. The van der Waals surface area contributed by atoms with E-state index in [2.05, 4.69) is 5.43 Å². The van der Waals surface area contributed by atoms with Crippen molar-refractivity contribution in [1.29, 1.82) is 0 Å². The first kappa shape index (κ1) is 16.5. The van der Waals surface area contributed by atoms with Crippen LogP contribution in [0, 0.1) is 5.92 Å². The Kier molecular flexibility index (Phi) is 4.04. The van der Waals surface area contributed by atoms with Gasteiger partial charge in [-0.3, -0.25) is 14.6 Å². The molecule has 3 aliphatic rings. The van der Waals surface area contributed by atoms with Gasteiger partial charge in [-0.25, -0.2) is 0 Å². The number of amides is 2. The van der Waals surface area contributed by atoms with E-state index in [0.717, 1.165) is 31.2 Å². The molecule has 2 saturated heterocycles. The van der Waals surface area contributed by atoms with Gasteiger partial charge in [-0.2, -0.15) is 5.43 Å². The van der Waals surface area contributed by atoms with Crippen molar-refractivity contribution in [1.82, 2.24) is 15.3 Å². The lowest BCUT2D eigenvalue weighted by Crippen LogP contribution is -2.56. The Morgan fingerprint density at radius 3 is 2.52 bits per heavy atom. The normalized spacial score (nSPS) is 33.0. The van der Waals surface area contributed by atoms with E-state index in [1.165, 1.54) is 18.4 Å². The molecule has 1 aromatic carbocycles. The largest absolute Gasteiger partial charge is 0.366 e. The maximum atomic E-state index is 13.0. The third-order valence-electron chi connectivity index (χ3n) is 5.96. The van der Waals surface area contributed by atoms with Gasteiger partial charge < -0.3 is 10.0 Å². The van der Waals surface area contributed by atoms with Crippen LogP contribution in [0.4, 0.5) is 0 Å². The SMILES string of the molecule is CC(=O)N1N[C@]2(O)C(=O)N(C3CCCCC3)C[C@H]2[C@H]1c1ccccc1. The molecule has 0 aromatic heterocycles. The number of fused-ring (bicyclic) bond motifs is 1.